The van der Waals surface area contributed by atoms with E-state index in [9.17, 15) is 17.6 Å². The zero-order valence-corrected chi connectivity index (χ0v) is 10.4. The van der Waals surface area contributed by atoms with E-state index in [1.807, 2.05) is 0 Å². The summed E-state index contributed by atoms with van der Waals surface area (Å²) in [5.41, 5.74) is 0.0807. The van der Waals surface area contributed by atoms with Crippen LogP contribution in [0.1, 0.15) is 6.42 Å². The summed E-state index contributed by atoms with van der Waals surface area (Å²) in [4.78, 5) is 10.3. The SMILES string of the molecule is CN(CCC(=O)O)S(=O)(=O)Nc1cccc(F)c1. The summed E-state index contributed by atoms with van der Waals surface area (Å²) in [6, 6.07) is 4.98. The van der Waals surface area contributed by atoms with Gasteiger partial charge in [-0.1, -0.05) is 6.07 Å². The van der Waals surface area contributed by atoms with Crippen molar-refractivity contribution in [1.82, 2.24) is 4.31 Å². The molecule has 6 nitrogen and oxygen atoms in total. The minimum absolute atomic E-state index is 0.0807. The van der Waals surface area contributed by atoms with Crippen molar-refractivity contribution in [2.24, 2.45) is 0 Å². The Labute approximate surface area is 104 Å². The highest BCUT2D eigenvalue weighted by Crippen LogP contribution is 2.12. The lowest BCUT2D eigenvalue weighted by atomic mass is 10.3. The van der Waals surface area contributed by atoms with Gasteiger partial charge in [0.1, 0.15) is 5.82 Å². The topological polar surface area (TPSA) is 86.7 Å². The molecular formula is C10H13FN2O4S. The number of hydrogen-bond donors (Lipinski definition) is 2. The lowest BCUT2D eigenvalue weighted by Crippen LogP contribution is -2.34. The Morgan fingerprint density at radius 2 is 2.17 bits per heavy atom. The van der Waals surface area contributed by atoms with Crippen LogP contribution in [0.2, 0.25) is 0 Å². The Balaban J connectivity index is 2.72. The molecule has 0 unspecified atom stereocenters. The zero-order chi connectivity index (χ0) is 13.8. The van der Waals surface area contributed by atoms with E-state index in [-0.39, 0.29) is 18.7 Å². The van der Waals surface area contributed by atoms with E-state index in [0.29, 0.717) is 0 Å². The first-order chi connectivity index (χ1) is 8.31. The lowest BCUT2D eigenvalue weighted by Gasteiger charge is -2.17. The van der Waals surface area contributed by atoms with Gasteiger partial charge in [0.05, 0.1) is 12.1 Å². The second-order valence-electron chi connectivity index (χ2n) is 3.58. The maximum absolute atomic E-state index is 12.9. The van der Waals surface area contributed by atoms with E-state index in [2.05, 4.69) is 4.72 Å². The molecule has 1 aromatic rings. The van der Waals surface area contributed by atoms with E-state index in [1.165, 1.54) is 25.2 Å². The molecule has 2 N–H and O–H groups in total. The molecule has 0 aliphatic rings. The molecule has 0 aliphatic heterocycles. The molecule has 0 radical (unpaired) electrons. The van der Waals surface area contributed by atoms with Gasteiger partial charge in [-0.05, 0) is 18.2 Å². The molecule has 18 heavy (non-hydrogen) atoms. The van der Waals surface area contributed by atoms with E-state index in [1.54, 1.807) is 0 Å². The number of nitrogens with zero attached hydrogens (tertiary/aromatic N) is 1. The van der Waals surface area contributed by atoms with Crippen molar-refractivity contribution in [3.05, 3.63) is 30.1 Å². The van der Waals surface area contributed by atoms with Crippen LogP contribution in [0.4, 0.5) is 10.1 Å². The van der Waals surface area contributed by atoms with Gasteiger partial charge in [-0.25, -0.2) is 4.39 Å². The minimum atomic E-state index is -3.87. The molecule has 8 heteroatoms. The summed E-state index contributed by atoms with van der Waals surface area (Å²) in [7, 11) is -2.63. The van der Waals surface area contributed by atoms with Crippen molar-refractivity contribution in [1.29, 1.82) is 0 Å². The maximum Gasteiger partial charge on any atom is 0.304 e. The van der Waals surface area contributed by atoms with Crippen molar-refractivity contribution < 1.29 is 22.7 Å². The van der Waals surface area contributed by atoms with Gasteiger partial charge in [0.15, 0.2) is 0 Å². The van der Waals surface area contributed by atoms with Gasteiger partial charge in [0.2, 0.25) is 0 Å². The van der Waals surface area contributed by atoms with Gasteiger partial charge in [-0.2, -0.15) is 12.7 Å². The summed E-state index contributed by atoms with van der Waals surface area (Å²) >= 11 is 0. The second kappa shape index (κ2) is 5.78. The zero-order valence-electron chi connectivity index (χ0n) is 9.63. The molecule has 1 rings (SSSR count). The molecule has 1 aromatic carbocycles. The molecule has 0 amide bonds. The third-order valence-corrected chi connectivity index (χ3v) is 3.62. The molecule has 0 bridgehead atoms. The number of aliphatic carboxylic acids is 1. The fourth-order valence-corrected chi connectivity index (χ4v) is 2.06. The molecule has 0 aromatic heterocycles. The third-order valence-electron chi connectivity index (χ3n) is 2.12. The van der Waals surface area contributed by atoms with Crippen LogP contribution >= 0.6 is 0 Å². The highest BCUT2D eigenvalue weighted by atomic mass is 32.2. The van der Waals surface area contributed by atoms with Crippen LogP contribution in [0, 0.1) is 5.82 Å². The van der Waals surface area contributed by atoms with E-state index < -0.39 is 22.0 Å². The number of hydrogen-bond acceptors (Lipinski definition) is 3. The fraction of sp³-hybridized carbons (Fsp3) is 0.300. The Bertz CT molecular complexity index is 532. The predicted molar refractivity (Wildman–Crippen MR) is 63.8 cm³/mol. The predicted octanol–water partition coefficient (Wildman–Crippen LogP) is 0.889. The summed E-state index contributed by atoms with van der Waals surface area (Å²) in [6.07, 6.45) is -0.305. The monoisotopic (exact) mass is 276 g/mol. The minimum Gasteiger partial charge on any atom is -0.481 e. The van der Waals surface area contributed by atoms with Crippen LogP contribution in [0.15, 0.2) is 24.3 Å². The van der Waals surface area contributed by atoms with Crippen molar-refractivity contribution in [2.75, 3.05) is 18.3 Å². The van der Waals surface area contributed by atoms with Crippen LogP contribution in [-0.4, -0.2) is 37.4 Å². The van der Waals surface area contributed by atoms with Crippen LogP contribution < -0.4 is 4.72 Å². The first kappa shape index (κ1) is 14.4. The lowest BCUT2D eigenvalue weighted by molar-refractivity contribution is -0.137. The molecule has 0 spiro atoms. The van der Waals surface area contributed by atoms with E-state index >= 15 is 0 Å². The number of nitrogens with one attached hydrogen (secondary N) is 1. The quantitative estimate of drug-likeness (QED) is 0.807. The molecule has 0 fully saturated rings. The number of anilines is 1. The Kier molecular flexibility index (Phi) is 4.62. The molecule has 100 valence electrons. The summed E-state index contributed by atoms with van der Waals surface area (Å²) in [6.45, 7) is -0.167. The average Bonchev–Trinajstić information content (AvgIpc) is 2.25. The van der Waals surface area contributed by atoms with Crippen LogP contribution in [0.3, 0.4) is 0 Å². The largest absolute Gasteiger partial charge is 0.481 e. The highest BCUT2D eigenvalue weighted by molar-refractivity contribution is 7.90. The van der Waals surface area contributed by atoms with Gasteiger partial charge in [-0.3, -0.25) is 9.52 Å². The van der Waals surface area contributed by atoms with Gasteiger partial charge in [-0.15, -0.1) is 0 Å². The molecule has 0 saturated carbocycles. The van der Waals surface area contributed by atoms with Crippen LogP contribution in [-0.2, 0) is 15.0 Å². The van der Waals surface area contributed by atoms with Gasteiger partial charge in [0, 0.05) is 13.6 Å². The Morgan fingerprint density at radius 3 is 2.72 bits per heavy atom. The summed E-state index contributed by atoms with van der Waals surface area (Å²) < 4.78 is 39.3. The smallest absolute Gasteiger partial charge is 0.304 e. The van der Waals surface area contributed by atoms with Crippen molar-refractivity contribution in [3.63, 3.8) is 0 Å². The number of carboxylic acid groups (broad SMARTS) is 1. The number of rotatable bonds is 6. The molecule has 0 saturated heterocycles. The molecule has 0 atom stereocenters. The number of benzene rings is 1. The average molecular weight is 276 g/mol. The van der Waals surface area contributed by atoms with E-state index in [4.69, 9.17) is 5.11 Å². The van der Waals surface area contributed by atoms with Gasteiger partial charge < -0.3 is 5.11 Å². The Hall–Kier alpha value is -1.67. The Morgan fingerprint density at radius 1 is 1.50 bits per heavy atom. The number of carbonyl (C=O) groups is 1. The van der Waals surface area contributed by atoms with Crippen molar-refractivity contribution in [2.45, 2.75) is 6.42 Å². The van der Waals surface area contributed by atoms with Gasteiger partial charge in [0.25, 0.3) is 0 Å². The maximum atomic E-state index is 12.9. The molecular weight excluding hydrogens is 263 g/mol. The van der Waals surface area contributed by atoms with Crippen LogP contribution in [0.25, 0.3) is 0 Å². The fourth-order valence-electron chi connectivity index (χ4n) is 1.15. The molecule has 0 heterocycles. The molecule has 0 aliphatic carbocycles. The first-order valence-electron chi connectivity index (χ1n) is 5.03. The standard InChI is InChI=1S/C10H13FN2O4S/c1-13(6-5-10(14)15)18(16,17)12-9-4-2-3-8(11)7-9/h2-4,7,12H,5-6H2,1H3,(H,14,15). The second-order valence-corrected chi connectivity index (χ2v) is 5.36. The number of halogens is 1. The van der Waals surface area contributed by atoms with Crippen molar-refractivity contribution >= 4 is 21.9 Å². The van der Waals surface area contributed by atoms with Gasteiger partial charge >= 0.3 is 16.2 Å². The normalized spacial score (nSPS) is 11.5. The number of carboxylic acids is 1. The van der Waals surface area contributed by atoms with Crippen molar-refractivity contribution in [3.8, 4) is 0 Å². The first-order valence-corrected chi connectivity index (χ1v) is 6.47. The summed E-state index contributed by atoms with van der Waals surface area (Å²) in [5.74, 6) is -1.66. The van der Waals surface area contributed by atoms with E-state index in [0.717, 1.165) is 10.4 Å². The van der Waals surface area contributed by atoms with Crippen LogP contribution in [0.5, 0.6) is 0 Å². The summed E-state index contributed by atoms with van der Waals surface area (Å²) in [5, 5.41) is 8.46. The third kappa shape index (κ3) is 4.30. The highest BCUT2D eigenvalue weighted by Gasteiger charge is 2.18.